The molecule has 0 aliphatic carbocycles. The van der Waals surface area contributed by atoms with E-state index in [0.717, 1.165) is 69.8 Å². The van der Waals surface area contributed by atoms with Gasteiger partial charge in [-0.05, 0) is 118 Å². The molecule has 0 saturated heterocycles. The van der Waals surface area contributed by atoms with Crippen LogP contribution in [0.4, 0.5) is 11.4 Å². The zero-order chi connectivity index (χ0) is 78.0. The second-order valence-electron chi connectivity index (χ2n) is 24.8. The molecule has 9 nitrogen and oxygen atoms in total. The van der Waals surface area contributed by atoms with Crippen molar-refractivity contribution in [3.63, 3.8) is 0 Å². The van der Waals surface area contributed by atoms with Crippen molar-refractivity contribution >= 4 is 11.4 Å². The average Bonchev–Trinajstić information content (AvgIpc) is 1.58. The Kier molecular flexibility index (Phi) is 27.5. The molecule has 0 unspecified atom stereocenters. The number of aromatic nitrogens is 7. The molecule has 551 valence electrons. The number of hydrogen-bond donors (Lipinski definition) is 0. The molecule has 0 amide bonds. The standard InChI is InChI=1S/2C18H14N.C15H12N2.C12H11N2.C12H10N.2C11H8N.3CH4.2Ir/c1-2-6-14(7-3-1)15-9-10-16-13-19-11-5-4-8-18(19)17(16)12-15;1-14-12-18(16-10-6-3-7-11-16)19-13-17(14)15-8-4-2-5-9-15;1-3-7-14(8-4-1)16-11-12-17(13-16)15-9-5-2-6-10-15;1-9-6-7-14-8-10-4-2-3-5-11(10)12(14)13-9;1-2-6-11-10(5-1)9-13-8-4-3-7-12(11)13;2*1-2-6-10(7-3-1)11-8-4-5-9-12-11;;;;;/h1-12H,13H2;2-10,12-13H,1H3;1-9,11-13H;2-7H,8H2,1H3;1-8H,9H2;2*1-6,8-9H;3*1H4;;/q+1;-1;-2;2*+1;2*-1;;;;;+3/i;;;;1D,2D,3D,4D,5D,6D,7D;;;;;;;. The molecule has 0 saturated carbocycles. The van der Waals surface area contributed by atoms with E-state index in [1.165, 1.54) is 62.0 Å². The van der Waals surface area contributed by atoms with E-state index in [1.54, 1.807) is 17.0 Å². The summed E-state index contributed by atoms with van der Waals surface area (Å²) in [5, 5.41) is 0. The fourth-order valence-corrected chi connectivity index (χ4v) is 12.4. The second kappa shape index (κ2) is 41.9. The number of benzene rings is 10. The molecular formula is C100H89Ir2N9+. The van der Waals surface area contributed by atoms with E-state index in [1.807, 2.05) is 207 Å². The topological polar surface area (TPSA) is 69.7 Å². The van der Waals surface area contributed by atoms with Crippen molar-refractivity contribution in [2.75, 3.05) is 9.80 Å². The summed E-state index contributed by atoms with van der Waals surface area (Å²) in [6.45, 7) is 8.33. The smallest absolute Gasteiger partial charge is 0.500 e. The van der Waals surface area contributed by atoms with Crippen LogP contribution in [0, 0.1) is 44.8 Å². The van der Waals surface area contributed by atoms with Gasteiger partial charge in [0, 0.05) is 104 Å². The van der Waals surface area contributed by atoms with Crippen LogP contribution in [0.1, 0.15) is 59.8 Å². The van der Waals surface area contributed by atoms with Gasteiger partial charge in [0.1, 0.15) is 6.54 Å². The van der Waals surface area contributed by atoms with Gasteiger partial charge >= 0.3 is 25.9 Å². The van der Waals surface area contributed by atoms with Crippen LogP contribution in [0.3, 0.4) is 0 Å². The molecule has 1 radical (unpaired) electrons. The van der Waals surface area contributed by atoms with E-state index >= 15 is 0 Å². The first-order valence-electron chi connectivity index (χ1n) is 38.4. The molecule has 0 bridgehead atoms. The SMILES string of the molecule is C.C.C.Cc1cc(-c2[c-]cccc2)ncc1-c1ccccc1.Cc1cc[n+]2c(n1)-c1ccccc1C2.[2H]c1c[n+]2c(c([2H])c1[2H])-c1c([2H])c([2H])c([2H])c([2H])c1C2.[Ir+3].[Ir].[c-]1ccccc1-c1ccccn1.[c-]1ccccc1-c1ccccn1.[c-]1ccccc1N1C=CN(c2ccccc2)[CH-]1.c1ccc(-c2ccc3c(c2)-c2cccc[n+]2C3)cc1. The van der Waals surface area contributed by atoms with E-state index in [-0.39, 0.29) is 123 Å². The Bertz CT molecular complexity index is 5740. The number of fused-ring (bicyclic) bond motifs is 9. The Morgan fingerprint density at radius 3 is 1.56 bits per heavy atom. The molecule has 16 aromatic rings. The van der Waals surface area contributed by atoms with Crippen molar-refractivity contribution in [1.29, 1.82) is 0 Å². The summed E-state index contributed by atoms with van der Waals surface area (Å²) < 4.78 is 60.6. The number of rotatable bonds is 7. The van der Waals surface area contributed by atoms with E-state index in [2.05, 4.69) is 205 Å². The number of nitrogens with zero attached hydrogens (tertiary/aromatic N) is 9. The van der Waals surface area contributed by atoms with Crippen molar-refractivity contribution in [3.8, 4) is 89.9 Å². The van der Waals surface area contributed by atoms with Gasteiger partial charge in [-0.1, -0.05) is 180 Å². The summed E-state index contributed by atoms with van der Waals surface area (Å²) >= 11 is 0. The summed E-state index contributed by atoms with van der Waals surface area (Å²) in [6, 6.07) is 111. The largest absolute Gasteiger partial charge is 3.00 e. The van der Waals surface area contributed by atoms with Crippen LogP contribution in [0.5, 0.6) is 0 Å². The average molecular weight is 1810 g/mol. The Hall–Kier alpha value is -12.3. The van der Waals surface area contributed by atoms with Gasteiger partial charge in [-0.25, -0.2) is 4.57 Å². The molecule has 0 spiro atoms. The van der Waals surface area contributed by atoms with Crippen molar-refractivity contribution in [2.24, 2.45) is 0 Å². The van der Waals surface area contributed by atoms with Crippen molar-refractivity contribution in [2.45, 2.75) is 55.8 Å². The van der Waals surface area contributed by atoms with E-state index in [4.69, 9.17) is 9.60 Å². The van der Waals surface area contributed by atoms with E-state index < -0.39 is 0 Å². The van der Waals surface area contributed by atoms with Crippen LogP contribution in [0.25, 0.3) is 89.9 Å². The van der Waals surface area contributed by atoms with Gasteiger partial charge in [-0.2, -0.15) is 39.5 Å². The third-order valence-electron chi connectivity index (χ3n) is 17.7. The monoisotopic (exact) mass is 1810 g/mol. The molecule has 4 aliphatic heterocycles. The zero-order valence-electron chi connectivity index (χ0n) is 66.3. The predicted octanol–water partition coefficient (Wildman–Crippen LogP) is 22.3. The summed E-state index contributed by atoms with van der Waals surface area (Å²) in [4.78, 5) is 21.7. The molecule has 11 heteroatoms. The summed E-state index contributed by atoms with van der Waals surface area (Å²) in [7, 11) is 0. The number of aryl methyl sites for hydroxylation is 2. The van der Waals surface area contributed by atoms with Gasteiger partial charge in [0.05, 0.1) is 32.5 Å². The molecular weight excluding hydrogens is 1710 g/mol. The Morgan fingerprint density at radius 1 is 0.387 bits per heavy atom. The van der Waals surface area contributed by atoms with E-state index in [9.17, 15) is 0 Å². The molecule has 111 heavy (non-hydrogen) atoms. The molecule has 4 aliphatic rings. The molecule has 6 aromatic heterocycles. The summed E-state index contributed by atoms with van der Waals surface area (Å²) in [6.07, 6.45) is 15.2. The van der Waals surface area contributed by atoms with Crippen LogP contribution < -0.4 is 23.5 Å². The molecule has 10 aromatic carbocycles. The summed E-state index contributed by atoms with van der Waals surface area (Å²) in [5.74, 6) is 1.10. The third-order valence-corrected chi connectivity index (χ3v) is 17.7. The number of anilines is 2. The number of pyridine rings is 5. The predicted molar refractivity (Wildman–Crippen MR) is 448 cm³/mol. The van der Waals surface area contributed by atoms with Crippen molar-refractivity contribution < 1.29 is 63.5 Å². The minimum Gasteiger partial charge on any atom is -0.500 e. The quantitative estimate of drug-likeness (QED) is 0.117. The van der Waals surface area contributed by atoms with Gasteiger partial charge in [0.15, 0.2) is 31.2 Å². The normalized spacial score (nSPS) is 12.0. The van der Waals surface area contributed by atoms with Gasteiger partial charge in [0.2, 0.25) is 11.4 Å². The number of para-hydroxylation sites is 2. The molecule has 10 heterocycles. The Balaban J connectivity index is 0.000000157. The van der Waals surface area contributed by atoms with Gasteiger partial charge in [-0.15, -0.1) is 120 Å². The van der Waals surface area contributed by atoms with Gasteiger partial charge in [0.25, 0.3) is 0 Å². The van der Waals surface area contributed by atoms with Crippen LogP contribution in [-0.4, -0.2) is 19.9 Å². The maximum Gasteiger partial charge on any atom is 3.00 e. The third kappa shape index (κ3) is 21.5. The fraction of sp³-hybridized carbons (Fsp3) is 0.0800. The first-order valence-corrected chi connectivity index (χ1v) is 34.9. The van der Waals surface area contributed by atoms with Crippen LogP contribution in [-0.2, 0) is 59.8 Å². The number of hydrogen-bond acceptors (Lipinski definition) is 6. The summed E-state index contributed by atoms with van der Waals surface area (Å²) in [5.41, 5.74) is 23.2. The molecule has 0 atom stereocenters. The minimum absolute atomic E-state index is 0. The molecule has 20 rings (SSSR count). The first kappa shape index (κ1) is 72.8. The fourth-order valence-electron chi connectivity index (χ4n) is 12.4. The van der Waals surface area contributed by atoms with Crippen LogP contribution in [0.15, 0.2) is 389 Å². The van der Waals surface area contributed by atoms with E-state index in [0.29, 0.717) is 5.56 Å². The molecule has 0 fully saturated rings. The maximum absolute atomic E-state index is 7.97. The second-order valence-corrected chi connectivity index (χ2v) is 24.8. The van der Waals surface area contributed by atoms with Crippen molar-refractivity contribution in [1.82, 2.24) is 19.9 Å². The van der Waals surface area contributed by atoms with Gasteiger partial charge in [-0.3, -0.25) is 0 Å². The van der Waals surface area contributed by atoms with Crippen LogP contribution >= 0.6 is 0 Å². The first-order chi connectivity index (χ1) is 55.3. The zero-order valence-corrected chi connectivity index (χ0v) is 64.1. The minimum atomic E-state index is -0.344. The molecule has 0 N–H and O–H groups in total. The van der Waals surface area contributed by atoms with Gasteiger partial charge < -0.3 is 24.8 Å². The maximum atomic E-state index is 7.97. The van der Waals surface area contributed by atoms with Crippen molar-refractivity contribution in [3.05, 3.63) is 448 Å². The van der Waals surface area contributed by atoms with Crippen LogP contribution in [0.2, 0.25) is 0 Å². The Labute approximate surface area is 693 Å². The Morgan fingerprint density at radius 2 is 0.928 bits per heavy atom.